The molecule has 3 rings (SSSR count). The first-order valence-corrected chi connectivity index (χ1v) is 11.4. The van der Waals surface area contributed by atoms with Gasteiger partial charge in [-0.05, 0) is 69.3 Å². The summed E-state index contributed by atoms with van der Waals surface area (Å²) < 4.78 is 0. The Kier molecular flexibility index (Phi) is 5.84. The molecule has 4 unspecified atom stereocenters. The van der Waals surface area contributed by atoms with E-state index >= 15 is 0 Å². The Morgan fingerprint density at radius 2 is 1.41 bits per heavy atom. The van der Waals surface area contributed by atoms with Gasteiger partial charge in [0.15, 0.2) is 0 Å². The second-order valence-electron chi connectivity index (χ2n) is 11.1. The zero-order valence-corrected chi connectivity index (χ0v) is 19.1. The van der Waals surface area contributed by atoms with E-state index in [1.807, 2.05) is 0 Å². The van der Waals surface area contributed by atoms with Gasteiger partial charge < -0.3 is 0 Å². The predicted octanol–water partition coefficient (Wildman–Crippen LogP) is 6.91. The molecule has 27 heavy (non-hydrogen) atoms. The highest BCUT2D eigenvalue weighted by Gasteiger charge is 2.56. The van der Waals surface area contributed by atoms with Crippen molar-refractivity contribution in [3.63, 3.8) is 0 Å². The normalized spacial score (nSPS) is 37.3. The topological polar surface area (TPSA) is 3.24 Å². The number of hydrogen-bond donors (Lipinski definition) is 0. The fourth-order valence-electron chi connectivity index (χ4n) is 6.91. The molecule has 1 aromatic rings. The van der Waals surface area contributed by atoms with Gasteiger partial charge in [0.2, 0.25) is 0 Å². The summed E-state index contributed by atoms with van der Waals surface area (Å²) >= 11 is 0. The lowest BCUT2D eigenvalue weighted by atomic mass is 9.67. The second kappa shape index (κ2) is 7.54. The molecule has 2 aliphatic rings. The van der Waals surface area contributed by atoms with Gasteiger partial charge in [-0.15, -0.1) is 0 Å². The Hall–Kier alpha value is -0.820. The number of benzene rings is 1. The maximum atomic E-state index is 2.99. The Balaban J connectivity index is 2.04. The van der Waals surface area contributed by atoms with Crippen LogP contribution in [0.1, 0.15) is 86.6 Å². The van der Waals surface area contributed by atoms with E-state index in [9.17, 15) is 0 Å². The Labute approximate surface area is 168 Å². The molecule has 1 nitrogen and oxygen atoms in total. The maximum Gasteiger partial charge on any atom is 0.0170 e. The average molecular weight is 370 g/mol. The van der Waals surface area contributed by atoms with Gasteiger partial charge in [0, 0.05) is 23.0 Å². The monoisotopic (exact) mass is 369 g/mol. The molecular weight excluding hydrogens is 326 g/mol. The number of likely N-dealkylation sites (tertiary alicyclic amines) is 1. The van der Waals surface area contributed by atoms with Crippen LogP contribution < -0.4 is 0 Å². The zero-order chi connectivity index (χ0) is 20.0. The minimum atomic E-state index is 0.227. The van der Waals surface area contributed by atoms with Crippen LogP contribution in [0, 0.1) is 23.7 Å². The van der Waals surface area contributed by atoms with Gasteiger partial charge in [-0.1, -0.05) is 71.4 Å². The Morgan fingerprint density at radius 3 is 1.89 bits per heavy atom. The third kappa shape index (κ3) is 3.61. The molecular formula is C26H43N. The fourth-order valence-corrected chi connectivity index (χ4v) is 6.91. The Morgan fingerprint density at radius 1 is 0.889 bits per heavy atom. The lowest BCUT2D eigenvalue weighted by Gasteiger charge is -2.53. The molecule has 1 aliphatic heterocycles. The molecule has 1 aromatic carbocycles. The molecule has 1 heteroatoms. The van der Waals surface area contributed by atoms with Crippen LogP contribution in [0.5, 0.6) is 0 Å². The summed E-state index contributed by atoms with van der Waals surface area (Å²) in [6.45, 7) is 19.9. The van der Waals surface area contributed by atoms with Gasteiger partial charge in [-0.3, -0.25) is 4.90 Å². The maximum absolute atomic E-state index is 2.99. The molecule has 0 radical (unpaired) electrons. The van der Waals surface area contributed by atoms with E-state index < -0.39 is 0 Å². The summed E-state index contributed by atoms with van der Waals surface area (Å²) in [4.78, 5) is 2.99. The van der Waals surface area contributed by atoms with Crippen molar-refractivity contribution >= 4 is 0 Å². The molecule has 0 bridgehead atoms. The molecule has 152 valence electrons. The number of hydrogen-bond acceptors (Lipinski definition) is 1. The van der Waals surface area contributed by atoms with Crippen LogP contribution in [0.2, 0.25) is 0 Å². The molecule has 0 aromatic heterocycles. The van der Waals surface area contributed by atoms with Crippen molar-refractivity contribution in [1.29, 1.82) is 0 Å². The molecule has 0 spiro atoms. The van der Waals surface area contributed by atoms with Crippen molar-refractivity contribution in [2.24, 2.45) is 23.7 Å². The summed E-state index contributed by atoms with van der Waals surface area (Å²) in [7, 11) is 0. The molecule has 2 fully saturated rings. The van der Waals surface area contributed by atoms with Crippen LogP contribution in [0.3, 0.4) is 0 Å². The summed E-state index contributed by atoms with van der Waals surface area (Å²) in [5, 5.41) is 0. The van der Waals surface area contributed by atoms with E-state index in [0.717, 1.165) is 23.7 Å². The van der Waals surface area contributed by atoms with Gasteiger partial charge in [0.25, 0.3) is 0 Å². The predicted molar refractivity (Wildman–Crippen MR) is 118 cm³/mol. The first-order chi connectivity index (χ1) is 12.6. The van der Waals surface area contributed by atoms with E-state index in [1.165, 1.54) is 31.2 Å². The molecule has 0 amide bonds. The van der Waals surface area contributed by atoms with E-state index in [2.05, 4.69) is 90.6 Å². The third-order valence-electron chi connectivity index (χ3n) is 8.26. The van der Waals surface area contributed by atoms with Crippen LogP contribution in [0.4, 0.5) is 0 Å². The van der Waals surface area contributed by atoms with E-state index in [4.69, 9.17) is 0 Å². The number of rotatable bonds is 4. The van der Waals surface area contributed by atoms with Gasteiger partial charge in [0.1, 0.15) is 0 Å². The van der Waals surface area contributed by atoms with Gasteiger partial charge in [-0.25, -0.2) is 0 Å². The smallest absolute Gasteiger partial charge is 0.0170 e. The average Bonchev–Trinajstić information content (AvgIpc) is 2.80. The summed E-state index contributed by atoms with van der Waals surface area (Å²) in [6.07, 6.45) is 5.48. The van der Waals surface area contributed by atoms with Crippen LogP contribution in [-0.2, 0) is 5.41 Å². The van der Waals surface area contributed by atoms with Crippen LogP contribution in [0.25, 0.3) is 0 Å². The van der Waals surface area contributed by atoms with Crippen LogP contribution >= 0.6 is 0 Å². The van der Waals surface area contributed by atoms with Gasteiger partial charge >= 0.3 is 0 Å². The molecule has 1 saturated carbocycles. The molecule has 1 heterocycles. The van der Waals surface area contributed by atoms with Crippen LogP contribution in [-0.4, -0.2) is 22.5 Å². The van der Waals surface area contributed by atoms with Gasteiger partial charge in [-0.2, -0.15) is 0 Å². The zero-order valence-electron chi connectivity index (χ0n) is 19.1. The van der Waals surface area contributed by atoms with Crippen molar-refractivity contribution in [3.8, 4) is 0 Å². The highest BCUT2D eigenvalue weighted by Crippen LogP contribution is 2.53. The number of nitrogens with zero attached hydrogens (tertiary/aromatic N) is 1. The van der Waals surface area contributed by atoms with Crippen molar-refractivity contribution in [2.75, 3.05) is 0 Å². The summed E-state index contributed by atoms with van der Waals surface area (Å²) in [6, 6.07) is 12.6. The van der Waals surface area contributed by atoms with Crippen LogP contribution in [0.15, 0.2) is 30.3 Å². The summed E-state index contributed by atoms with van der Waals surface area (Å²) in [5.41, 5.74) is 1.99. The lowest BCUT2D eigenvalue weighted by molar-refractivity contribution is -0.0393. The minimum absolute atomic E-state index is 0.227. The Bertz CT molecular complexity index is 600. The van der Waals surface area contributed by atoms with Crippen molar-refractivity contribution in [2.45, 2.75) is 104 Å². The first kappa shape index (κ1) is 20.9. The minimum Gasteiger partial charge on any atom is -0.291 e. The van der Waals surface area contributed by atoms with Crippen molar-refractivity contribution < 1.29 is 0 Å². The highest BCUT2D eigenvalue weighted by molar-refractivity contribution is 5.31. The molecule has 0 N–H and O–H groups in total. The summed E-state index contributed by atoms with van der Waals surface area (Å²) in [5.74, 6) is 3.18. The van der Waals surface area contributed by atoms with Gasteiger partial charge in [0.05, 0.1) is 0 Å². The highest BCUT2D eigenvalue weighted by atomic mass is 15.3. The quantitative estimate of drug-likeness (QED) is 0.557. The van der Waals surface area contributed by atoms with E-state index in [-0.39, 0.29) is 11.0 Å². The lowest BCUT2D eigenvalue weighted by Crippen LogP contribution is -2.58. The largest absolute Gasteiger partial charge is 0.291 e. The first-order valence-electron chi connectivity index (χ1n) is 11.4. The molecule has 4 atom stereocenters. The SMILES string of the molecule is CC(C)C1CCCC(C(C)C)C1N1C(C)C(C)(c2ccccc2)CC1(C)C. The van der Waals surface area contributed by atoms with E-state index in [1.54, 1.807) is 0 Å². The van der Waals surface area contributed by atoms with Crippen molar-refractivity contribution in [1.82, 2.24) is 4.90 Å². The fraction of sp³-hybridized carbons (Fsp3) is 0.769. The van der Waals surface area contributed by atoms with Crippen molar-refractivity contribution in [3.05, 3.63) is 35.9 Å². The second-order valence-corrected chi connectivity index (χ2v) is 11.1. The van der Waals surface area contributed by atoms with E-state index in [0.29, 0.717) is 12.1 Å². The molecule has 1 aliphatic carbocycles. The standard InChI is InChI=1S/C26H43N/c1-18(2)22-15-12-16-23(19(3)4)24(22)27-20(5)26(8,17-25(27,6)7)21-13-10-9-11-14-21/h9-11,13-14,18-20,22-24H,12,15-17H2,1-8H3. The molecule has 1 saturated heterocycles. The third-order valence-corrected chi connectivity index (χ3v) is 8.26.